The van der Waals surface area contributed by atoms with Gasteiger partial charge in [-0.15, -0.1) is 0 Å². The van der Waals surface area contributed by atoms with Crippen molar-refractivity contribution in [3.63, 3.8) is 0 Å². The molecule has 0 heterocycles. The Labute approximate surface area is 230 Å². The minimum absolute atomic E-state index is 0.131. The number of carbonyl (C=O) groups excluding carboxylic acids is 2. The summed E-state index contributed by atoms with van der Waals surface area (Å²) in [6.45, 7) is 4.07. The highest BCUT2D eigenvalue weighted by Gasteiger charge is 2.33. The molecule has 0 saturated carbocycles. The third-order valence-corrected chi connectivity index (χ3v) is 7.40. The smallest absolute Gasteiger partial charge is 0.244 e. The van der Waals surface area contributed by atoms with Gasteiger partial charge in [-0.2, -0.15) is 0 Å². The van der Waals surface area contributed by atoms with Gasteiger partial charge in [0.05, 0.1) is 17.0 Å². The number of hydrogen-bond acceptors (Lipinski definition) is 4. The molecule has 9 heteroatoms. The number of rotatable bonds is 12. The summed E-state index contributed by atoms with van der Waals surface area (Å²) in [4.78, 5) is 29.0. The summed E-state index contributed by atoms with van der Waals surface area (Å²) in [6, 6.07) is 24.4. The maximum atomic E-state index is 14.0. The maximum Gasteiger partial charge on any atom is 0.244 e. The molecule has 0 aliphatic rings. The van der Waals surface area contributed by atoms with Crippen LogP contribution in [0.4, 0.5) is 5.69 Å². The molecule has 0 radical (unpaired) electrons. The lowest BCUT2D eigenvalue weighted by Crippen LogP contribution is -2.53. The second kappa shape index (κ2) is 13.4. The molecule has 7 nitrogen and oxygen atoms in total. The van der Waals surface area contributed by atoms with Gasteiger partial charge in [0.25, 0.3) is 0 Å². The summed E-state index contributed by atoms with van der Waals surface area (Å²) < 4.78 is 26.6. The summed E-state index contributed by atoms with van der Waals surface area (Å²) in [7, 11) is -3.87. The monoisotopic (exact) mass is 555 g/mol. The van der Waals surface area contributed by atoms with E-state index in [0.29, 0.717) is 6.54 Å². The highest BCUT2D eigenvalue weighted by Crippen LogP contribution is 2.27. The molecule has 0 aliphatic carbocycles. The van der Waals surface area contributed by atoms with Crippen LogP contribution in [-0.2, 0) is 32.6 Å². The van der Waals surface area contributed by atoms with Gasteiger partial charge in [0.15, 0.2) is 0 Å². The van der Waals surface area contributed by atoms with Gasteiger partial charge in [-0.3, -0.25) is 13.9 Å². The molecular formula is C29H34ClN3O4S. The minimum atomic E-state index is -3.87. The zero-order valence-corrected chi connectivity index (χ0v) is 23.5. The van der Waals surface area contributed by atoms with Crippen LogP contribution >= 0.6 is 11.6 Å². The van der Waals surface area contributed by atoms with Crippen molar-refractivity contribution in [2.75, 3.05) is 23.7 Å². The number of sulfonamides is 1. The topological polar surface area (TPSA) is 86.8 Å². The fraction of sp³-hybridized carbons (Fsp3) is 0.310. The van der Waals surface area contributed by atoms with Gasteiger partial charge in [-0.1, -0.05) is 98.2 Å². The van der Waals surface area contributed by atoms with E-state index in [0.717, 1.165) is 21.7 Å². The van der Waals surface area contributed by atoms with Gasteiger partial charge in [0.1, 0.15) is 12.6 Å². The summed E-state index contributed by atoms with van der Waals surface area (Å²) in [6.07, 6.45) is 1.30. The van der Waals surface area contributed by atoms with E-state index in [-0.39, 0.29) is 35.5 Å². The molecule has 0 saturated heterocycles. The first-order valence-electron chi connectivity index (χ1n) is 12.4. The molecule has 0 spiro atoms. The highest BCUT2D eigenvalue weighted by atomic mass is 35.5. The van der Waals surface area contributed by atoms with Gasteiger partial charge in [-0.05, 0) is 29.2 Å². The van der Waals surface area contributed by atoms with Gasteiger partial charge in [0, 0.05) is 19.5 Å². The lowest BCUT2D eigenvalue weighted by atomic mass is 10.0. The largest absolute Gasteiger partial charge is 0.354 e. The van der Waals surface area contributed by atoms with E-state index < -0.39 is 28.5 Å². The molecule has 0 bridgehead atoms. The number of carbonyl (C=O) groups is 2. The first kappa shape index (κ1) is 29.2. The fourth-order valence-corrected chi connectivity index (χ4v) is 5.15. The first-order chi connectivity index (χ1) is 18.1. The summed E-state index contributed by atoms with van der Waals surface area (Å²) in [5.41, 5.74) is 1.90. The summed E-state index contributed by atoms with van der Waals surface area (Å²) in [5.74, 6) is -0.592. The molecule has 0 unspecified atom stereocenters. The highest BCUT2D eigenvalue weighted by molar-refractivity contribution is 7.92. The van der Waals surface area contributed by atoms with Crippen molar-refractivity contribution in [3.05, 3.63) is 101 Å². The Morgan fingerprint density at radius 3 is 1.97 bits per heavy atom. The Hall–Kier alpha value is -3.36. The Bertz CT molecular complexity index is 1320. The van der Waals surface area contributed by atoms with Crippen molar-refractivity contribution in [1.82, 2.24) is 10.2 Å². The Morgan fingerprint density at radius 1 is 0.868 bits per heavy atom. The molecular weight excluding hydrogens is 522 g/mol. The zero-order valence-electron chi connectivity index (χ0n) is 21.9. The molecule has 1 N–H and O–H groups in total. The van der Waals surface area contributed by atoms with E-state index in [1.165, 1.54) is 4.90 Å². The SMILES string of the molecule is CC(C)CNC(=O)[C@@H](Cc1ccccc1)N(Cc1ccccc1)C(=O)CN(c1ccccc1Cl)S(C)(=O)=O. The molecule has 0 aliphatic heterocycles. The molecule has 0 fully saturated rings. The number of benzene rings is 3. The van der Waals surface area contributed by atoms with Crippen molar-refractivity contribution in [2.24, 2.45) is 5.92 Å². The Morgan fingerprint density at radius 2 is 1.42 bits per heavy atom. The molecule has 38 heavy (non-hydrogen) atoms. The molecule has 3 aromatic carbocycles. The second-order valence-electron chi connectivity index (χ2n) is 9.57. The van der Waals surface area contributed by atoms with E-state index in [2.05, 4.69) is 5.32 Å². The van der Waals surface area contributed by atoms with Gasteiger partial charge >= 0.3 is 0 Å². The molecule has 2 amide bonds. The lowest BCUT2D eigenvalue weighted by molar-refractivity contribution is -0.140. The van der Waals surface area contributed by atoms with E-state index in [1.807, 2.05) is 74.5 Å². The van der Waals surface area contributed by atoms with Gasteiger partial charge in [-0.25, -0.2) is 8.42 Å². The van der Waals surface area contributed by atoms with Crippen LogP contribution in [0.5, 0.6) is 0 Å². The second-order valence-corrected chi connectivity index (χ2v) is 11.9. The van der Waals surface area contributed by atoms with Crippen LogP contribution in [0.1, 0.15) is 25.0 Å². The first-order valence-corrected chi connectivity index (χ1v) is 14.7. The number of halogens is 1. The number of amides is 2. The predicted molar refractivity (Wildman–Crippen MR) is 152 cm³/mol. The molecule has 0 aromatic heterocycles. The van der Waals surface area contributed by atoms with E-state index in [9.17, 15) is 18.0 Å². The van der Waals surface area contributed by atoms with Crippen LogP contribution in [0.2, 0.25) is 5.02 Å². The molecule has 202 valence electrons. The lowest BCUT2D eigenvalue weighted by Gasteiger charge is -2.33. The van der Waals surface area contributed by atoms with Crippen LogP contribution in [0.15, 0.2) is 84.9 Å². The fourth-order valence-electron chi connectivity index (χ4n) is 4.01. The standard InChI is InChI=1S/C29H34ClN3O4S/c1-22(2)19-31-29(35)27(18-23-12-6-4-7-13-23)32(20-24-14-8-5-9-15-24)28(34)21-33(38(3,36)37)26-17-11-10-16-25(26)30/h4-17,22,27H,18-21H2,1-3H3,(H,31,35)/t27-/m1/s1. The third kappa shape index (κ3) is 8.33. The number of anilines is 1. The van der Waals surface area contributed by atoms with Crippen LogP contribution in [0.25, 0.3) is 0 Å². The maximum absolute atomic E-state index is 14.0. The van der Waals surface area contributed by atoms with Crippen molar-refractivity contribution >= 4 is 39.1 Å². The van der Waals surface area contributed by atoms with Gasteiger partial charge in [0.2, 0.25) is 21.8 Å². The third-order valence-electron chi connectivity index (χ3n) is 5.95. The van der Waals surface area contributed by atoms with Crippen molar-refractivity contribution in [3.8, 4) is 0 Å². The predicted octanol–water partition coefficient (Wildman–Crippen LogP) is 4.52. The quantitative estimate of drug-likeness (QED) is 0.356. The van der Waals surface area contributed by atoms with Crippen molar-refractivity contribution < 1.29 is 18.0 Å². The number of para-hydroxylation sites is 1. The Balaban J connectivity index is 2.03. The average molecular weight is 556 g/mol. The molecule has 3 aromatic rings. The number of hydrogen-bond donors (Lipinski definition) is 1. The normalized spacial score (nSPS) is 12.1. The zero-order chi connectivity index (χ0) is 27.7. The average Bonchev–Trinajstić information content (AvgIpc) is 2.89. The van der Waals surface area contributed by atoms with Crippen molar-refractivity contribution in [1.29, 1.82) is 0 Å². The Kier molecular flexibility index (Phi) is 10.3. The van der Waals surface area contributed by atoms with E-state index in [1.54, 1.807) is 24.3 Å². The number of nitrogens with one attached hydrogen (secondary N) is 1. The number of nitrogens with zero attached hydrogens (tertiary/aromatic N) is 2. The minimum Gasteiger partial charge on any atom is -0.354 e. The van der Waals surface area contributed by atoms with Crippen LogP contribution in [-0.4, -0.2) is 50.5 Å². The van der Waals surface area contributed by atoms with Crippen molar-refractivity contribution in [2.45, 2.75) is 32.9 Å². The van der Waals surface area contributed by atoms with Crippen LogP contribution < -0.4 is 9.62 Å². The molecule has 3 rings (SSSR count). The van der Waals surface area contributed by atoms with Crippen LogP contribution in [0.3, 0.4) is 0 Å². The summed E-state index contributed by atoms with van der Waals surface area (Å²) >= 11 is 6.31. The molecule has 1 atom stereocenters. The van der Waals surface area contributed by atoms with Crippen LogP contribution in [0, 0.1) is 5.92 Å². The summed E-state index contributed by atoms with van der Waals surface area (Å²) in [5, 5.41) is 3.17. The van der Waals surface area contributed by atoms with Gasteiger partial charge < -0.3 is 10.2 Å². The van der Waals surface area contributed by atoms with E-state index >= 15 is 0 Å². The van der Waals surface area contributed by atoms with E-state index in [4.69, 9.17) is 11.6 Å².